The maximum absolute atomic E-state index is 12.8. The van der Waals surface area contributed by atoms with Gasteiger partial charge in [0, 0.05) is 0 Å². The lowest BCUT2D eigenvalue weighted by atomic mass is 9.52. The van der Waals surface area contributed by atoms with Crippen LogP contribution in [0.4, 0.5) is 0 Å². The first-order valence-corrected chi connectivity index (χ1v) is 16.2. The van der Waals surface area contributed by atoms with Gasteiger partial charge < -0.3 is 5.11 Å². The molecule has 0 spiro atoms. The summed E-state index contributed by atoms with van der Waals surface area (Å²) in [7, 11) is 0. The number of unbranched alkanes of at least 4 members (excludes halogenated alkanes) is 16. The number of hydrogen-bond donors (Lipinski definition) is 1. The standard InChI is InChI=1S/C33H64O2/c1-5-7-9-11-13-15-16-17-19-21-25-30(3)29-33(31(34)35)28-24-23-27-32(33,4)26-22-20-18-14-12-10-8-6-2/h30H,5-29H2,1-4H3,(H,34,35). The van der Waals surface area contributed by atoms with Crippen molar-refractivity contribution < 1.29 is 9.90 Å². The van der Waals surface area contributed by atoms with Crippen LogP contribution in [0.1, 0.15) is 188 Å². The molecule has 0 bridgehead atoms. The molecule has 1 fully saturated rings. The number of hydrogen-bond acceptors (Lipinski definition) is 1. The average Bonchev–Trinajstić information content (AvgIpc) is 2.83. The first-order chi connectivity index (χ1) is 16.9. The first kappa shape index (κ1) is 32.5. The van der Waals surface area contributed by atoms with Crippen LogP contribution in [0, 0.1) is 16.7 Å². The van der Waals surface area contributed by atoms with Gasteiger partial charge in [-0.25, -0.2) is 0 Å². The molecule has 2 nitrogen and oxygen atoms in total. The highest BCUT2D eigenvalue weighted by Gasteiger charge is 2.54. The smallest absolute Gasteiger partial charge is 0.310 e. The van der Waals surface area contributed by atoms with Gasteiger partial charge in [-0.1, -0.05) is 163 Å². The minimum Gasteiger partial charge on any atom is -0.481 e. The lowest BCUT2D eigenvalue weighted by Gasteiger charge is -2.51. The van der Waals surface area contributed by atoms with Crippen molar-refractivity contribution in [2.75, 3.05) is 0 Å². The summed E-state index contributed by atoms with van der Waals surface area (Å²) in [4.78, 5) is 12.8. The van der Waals surface area contributed by atoms with Gasteiger partial charge in [-0.15, -0.1) is 0 Å². The Labute approximate surface area is 220 Å². The highest BCUT2D eigenvalue weighted by Crippen LogP contribution is 2.57. The zero-order valence-corrected chi connectivity index (χ0v) is 24.6. The molecule has 3 atom stereocenters. The Morgan fingerprint density at radius 1 is 0.686 bits per heavy atom. The van der Waals surface area contributed by atoms with Crippen molar-refractivity contribution in [2.24, 2.45) is 16.7 Å². The zero-order chi connectivity index (χ0) is 25.8. The van der Waals surface area contributed by atoms with Gasteiger partial charge in [-0.2, -0.15) is 0 Å². The maximum Gasteiger partial charge on any atom is 0.310 e. The fourth-order valence-corrected chi connectivity index (χ4v) is 6.97. The SMILES string of the molecule is CCCCCCCCCCCCC(C)CC1(C(=O)O)CCCCC1(C)CCCCCCCCCC. The first-order valence-electron chi connectivity index (χ1n) is 16.2. The molecule has 0 radical (unpaired) electrons. The number of carbonyl (C=O) groups is 1. The molecule has 1 aliphatic rings. The topological polar surface area (TPSA) is 37.3 Å². The van der Waals surface area contributed by atoms with Gasteiger partial charge in [0.05, 0.1) is 5.41 Å². The Hall–Kier alpha value is -0.530. The second kappa shape index (κ2) is 19.6. The van der Waals surface area contributed by atoms with Crippen LogP contribution in [-0.4, -0.2) is 11.1 Å². The van der Waals surface area contributed by atoms with E-state index in [2.05, 4.69) is 27.7 Å². The molecule has 0 aromatic heterocycles. The Morgan fingerprint density at radius 2 is 1.11 bits per heavy atom. The van der Waals surface area contributed by atoms with Gasteiger partial charge >= 0.3 is 5.97 Å². The van der Waals surface area contributed by atoms with Gasteiger partial charge in [0.15, 0.2) is 0 Å². The minimum atomic E-state index is -0.496. The van der Waals surface area contributed by atoms with E-state index in [4.69, 9.17) is 0 Å². The van der Waals surface area contributed by atoms with Gasteiger partial charge in [-0.3, -0.25) is 4.79 Å². The summed E-state index contributed by atoms with van der Waals surface area (Å²) in [5.41, 5.74) is -0.518. The molecule has 0 amide bonds. The number of aliphatic carboxylic acids is 1. The highest BCUT2D eigenvalue weighted by atomic mass is 16.4. The molecule has 0 aliphatic heterocycles. The second-order valence-corrected chi connectivity index (χ2v) is 12.7. The predicted molar refractivity (Wildman–Crippen MR) is 154 cm³/mol. The summed E-state index contributed by atoms with van der Waals surface area (Å²) in [6.45, 7) is 9.24. The van der Waals surface area contributed by atoms with E-state index in [9.17, 15) is 9.90 Å². The van der Waals surface area contributed by atoms with Crippen LogP contribution in [-0.2, 0) is 4.79 Å². The van der Waals surface area contributed by atoms with Gasteiger partial charge in [0.25, 0.3) is 0 Å². The molecule has 1 rings (SSSR count). The largest absolute Gasteiger partial charge is 0.481 e. The summed E-state index contributed by atoms with van der Waals surface area (Å²) < 4.78 is 0. The third-order valence-corrected chi connectivity index (χ3v) is 9.48. The number of rotatable bonds is 23. The van der Waals surface area contributed by atoms with Crippen LogP contribution in [0.5, 0.6) is 0 Å². The molecule has 1 N–H and O–H groups in total. The van der Waals surface area contributed by atoms with Crippen LogP contribution in [0.2, 0.25) is 0 Å². The second-order valence-electron chi connectivity index (χ2n) is 12.7. The summed E-state index contributed by atoms with van der Waals surface area (Å²) in [5, 5.41) is 10.5. The van der Waals surface area contributed by atoms with Crippen molar-refractivity contribution in [1.29, 1.82) is 0 Å². The molecular formula is C33H64O2. The van der Waals surface area contributed by atoms with E-state index in [0.717, 1.165) is 32.1 Å². The highest BCUT2D eigenvalue weighted by molar-refractivity contribution is 5.76. The molecule has 1 aliphatic carbocycles. The Morgan fingerprint density at radius 3 is 1.60 bits per heavy atom. The van der Waals surface area contributed by atoms with E-state index in [1.165, 1.54) is 128 Å². The quantitative estimate of drug-likeness (QED) is 0.144. The Kier molecular flexibility index (Phi) is 18.2. The minimum absolute atomic E-state index is 0.0225. The molecule has 0 aromatic rings. The number of carboxylic acids is 1. The number of carboxylic acid groups (broad SMARTS) is 1. The fraction of sp³-hybridized carbons (Fsp3) is 0.970. The van der Waals surface area contributed by atoms with E-state index >= 15 is 0 Å². The summed E-state index contributed by atoms with van der Waals surface area (Å²) in [5.74, 6) is 0.0327. The Balaban J connectivity index is 2.40. The lowest BCUT2D eigenvalue weighted by molar-refractivity contribution is -0.165. The van der Waals surface area contributed by atoms with E-state index in [1.54, 1.807) is 0 Å². The molecule has 0 saturated heterocycles. The van der Waals surface area contributed by atoms with Crippen molar-refractivity contribution in [3.05, 3.63) is 0 Å². The van der Waals surface area contributed by atoms with E-state index in [1.807, 2.05) is 0 Å². The molecule has 0 heterocycles. The molecule has 2 heteroatoms. The fourth-order valence-electron chi connectivity index (χ4n) is 6.97. The molecule has 3 unspecified atom stereocenters. The zero-order valence-electron chi connectivity index (χ0n) is 24.6. The van der Waals surface area contributed by atoms with Crippen molar-refractivity contribution in [2.45, 2.75) is 188 Å². The summed E-state index contributed by atoms with van der Waals surface area (Å²) in [6.07, 6.45) is 31.9. The van der Waals surface area contributed by atoms with Crippen molar-refractivity contribution in [3.63, 3.8) is 0 Å². The van der Waals surface area contributed by atoms with Crippen LogP contribution < -0.4 is 0 Å². The van der Waals surface area contributed by atoms with Crippen molar-refractivity contribution in [3.8, 4) is 0 Å². The molecule has 35 heavy (non-hydrogen) atoms. The van der Waals surface area contributed by atoms with Crippen molar-refractivity contribution in [1.82, 2.24) is 0 Å². The van der Waals surface area contributed by atoms with Crippen molar-refractivity contribution >= 4 is 5.97 Å². The van der Waals surface area contributed by atoms with Crippen LogP contribution >= 0.6 is 0 Å². The molecule has 0 aromatic carbocycles. The maximum atomic E-state index is 12.8. The Bertz CT molecular complexity index is 515. The lowest BCUT2D eigenvalue weighted by Crippen LogP contribution is -2.49. The van der Waals surface area contributed by atoms with E-state index in [-0.39, 0.29) is 5.41 Å². The average molecular weight is 493 g/mol. The van der Waals surface area contributed by atoms with E-state index < -0.39 is 11.4 Å². The van der Waals surface area contributed by atoms with Crippen LogP contribution in [0.3, 0.4) is 0 Å². The molecule has 208 valence electrons. The third-order valence-electron chi connectivity index (χ3n) is 9.48. The molecular weight excluding hydrogens is 428 g/mol. The molecule has 1 saturated carbocycles. The van der Waals surface area contributed by atoms with Gasteiger partial charge in [0.1, 0.15) is 0 Å². The van der Waals surface area contributed by atoms with E-state index in [0.29, 0.717) is 5.92 Å². The summed E-state index contributed by atoms with van der Waals surface area (Å²) in [6, 6.07) is 0. The van der Waals surface area contributed by atoms with Crippen LogP contribution in [0.25, 0.3) is 0 Å². The van der Waals surface area contributed by atoms with Crippen LogP contribution in [0.15, 0.2) is 0 Å². The van der Waals surface area contributed by atoms with Gasteiger partial charge in [0.2, 0.25) is 0 Å². The summed E-state index contributed by atoms with van der Waals surface area (Å²) >= 11 is 0. The monoisotopic (exact) mass is 492 g/mol. The normalized spacial score (nSPS) is 23.4. The predicted octanol–water partition coefficient (Wildman–Crippen LogP) is 11.5. The third kappa shape index (κ3) is 12.5. The van der Waals surface area contributed by atoms with Gasteiger partial charge in [-0.05, 0) is 37.0 Å².